The molecule has 1 fully saturated rings. The third kappa shape index (κ3) is 2.85. The fraction of sp³-hybridized carbons (Fsp3) is 0.462. The number of nitrogens with zero attached hydrogens (tertiary/aromatic N) is 3. The van der Waals surface area contributed by atoms with Crippen LogP contribution in [0, 0.1) is 11.3 Å². The van der Waals surface area contributed by atoms with Crippen molar-refractivity contribution in [3.05, 3.63) is 29.0 Å². The summed E-state index contributed by atoms with van der Waals surface area (Å²) in [4.78, 5) is 18.0. The predicted molar refractivity (Wildman–Crippen MR) is 76.2 cm³/mol. The number of likely N-dealkylation sites (tertiary alicyclic amines) is 1. The van der Waals surface area contributed by atoms with Crippen LogP contribution in [0.1, 0.15) is 23.2 Å². The molecule has 0 atom stereocenters. The Hall–Kier alpha value is -1.25. The molecular formula is C13H14ClN3OS. The average Bonchev–Trinajstić information content (AvgIpc) is 2.47. The topological polar surface area (TPSA) is 57.0 Å². The highest BCUT2D eigenvalue weighted by atomic mass is 35.5. The van der Waals surface area contributed by atoms with Crippen molar-refractivity contribution in [1.29, 1.82) is 5.26 Å². The van der Waals surface area contributed by atoms with Crippen molar-refractivity contribution in [1.82, 2.24) is 9.88 Å². The Morgan fingerprint density at radius 3 is 2.79 bits per heavy atom. The molecule has 1 saturated heterocycles. The molecule has 100 valence electrons. The van der Waals surface area contributed by atoms with Crippen molar-refractivity contribution in [3.8, 4) is 6.07 Å². The van der Waals surface area contributed by atoms with Crippen LogP contribution in [0.25, 0.3) is 0 Å². The molecular weight excluding hydrogens is 282 g/mol. The second kappa shape index (κ2) is 5.81. The van der Waals surface area contributed by atoms with Gasteiger partial charge in [0.2, 0.25) is 0 Å². The molecule has 1 aromatic rings. The summed E-state index contributed by atoms with van der Waals surface area (Å²) in [5, 5.41) is 9.45. The minimum atomic E-state index is -0.352. The standard InChI is InChI=1S/C13H14ClN3OS/c1-19-13(9-15)4-7-17(8-5-13)12(18)10-3-2-6-16-11(10)14/h2-3,6H,4-5,7-8H2,1H3. The number of rotatable bonds is 2. The largest absolute Gasteiger partial charge is 0.338 e. The van der Waals surface area contributed by atoms with E-state index in [0.29, 0.717) is 31.5 Å². The summed E-state index contributed by atoms with van der Waals surface area (Å²) in [5.74, 6) is -0.106. The van der Waals surface area contributed by atoms with Gasteiger partial charge >= 0.3 is 0 Å². The van der Waals surface area contributed by atoms with E-state index < -0.39 is 0 Å². The van der Waals surface area contributed by atoms with E-state index in [2.05, 4.69) is 11.1 Å². The smallest absolute Gasteiger partial charge is 0.256 e. The number of thioether (sulfide) groups is 1. The molecule has 0 spiro atoms. The Morgan fingerprint density at radius 1 is 1.58 bits per heavy atom. The van der Waals surface area contributed by atoms with Crippen LogP contribution >= 0.6 is 23.4 Å². The first kappa shape index (κ1) is 14.2. The molecule has 2 heterocycles. The summed E-state index contributed by atoms with van der Waals surface area (Å²) in [6, 6.07) is 5.74. The minimum Gasteiger partial charge on any atom is -0.338 e. The van der Waals surface area contributed by atoms with Crippen LogP contribution in [0.3, 0.4) is 0 Å². The molecule has 0 unspecified atom stereocenters. The van der Waals surface area contributed by atoms with Crippen molar-refractivity contribution >= 4 is 29.3 Å². The van der Waals surface area contributed by atoms with Gasteiger partial charge in [-0.25, -0.2) is 4.98 Å². The first-order valence-electron chi connectivity index (χ1n) is 5.98. The first-order chi connectivity index (χ1) is 9.12. The maximum Gasteiger partial charge on any atom is 0.256 e. The molecule has 1 aromatic heterocycles. The number of amides is 1. The fourth-order valence-electron chi connectivity index (χ4n) is 2.15. The van der Waals surface area contributed by atoms with E-state index in [4.69, 9.17) is 11.6 Å². The average molecular weight is 296 g/mol. The van der Waals surface area contributed by atoms with Crippen LogP contribution in [-0.4, -0.2) is 39.9 Å². The molecule has 0 saturated carbocycles. The van der Waals surface area contributed by atoms with Gasteiger partial charge in [0.25, 0.3) is 5.91 Å². The van der Waals surface area contributed by atoms with Crippen molar-refractivity contribution in [3.63, 3.8) is 0 Å². The van der Waals surface area contributed by atoms with E-state index in [9.17, 15) is 10.1 Å². The van der Waals surface area contributed by atoms with Gasteiger partial charge < -0.3 is 4.90 Å². The summed E-state index contributed by atoms with van der Waals surface area (Å²) in [5.41, 5.74) is 0.428. The lowest BCUT2D eigenvalue weighted by Gasteiger charge is -2.36. The van der Waals surface area contributed by atoms with Crippen molar-refractivity contribution in [2.45, 2.75) is 17.6 Å². The molecule has 0 bridgehead atoms. The quantitative estimate of drug-likeness (QED) is 0.787. The van der Waals surface area contributed by atoms with E-state index in [-0.39, 0.29) is 15.8 Å². The summed E-state index contributed by atoms with van der Waals surface area (Å²) < 4.78 is -0.352. The summed E-state index contributed by atoms with van der Waals surface area (Å²) in [6.07, 6.45) is 4.88. The Morgan fingerprint density at radius 2 is 2.26 bits per heavy atom. The highest BCUT2D eigenvalue weighted by Gasteiger charge is 2.35. The molecule has 1 aliphatic rings. The lowest BCUT2D eigenvalue weighted by Crippen LogP contribution is -2.44. The Kier molecular flexibility index (Phi) is 4.33. The zero-order valence-corrected chi connectivity index (χ0v) is 12.2. The van der Waals surface area contributed by atoms with Gasteiger partial charge in [-0.05, 0) is 31.2 Å². The number of piperidine rings is 1. The maximum atomic E-state index is 12.3. The number of pyridine rings is 1. The number of hydrogen-bond acceptors (Lipinski definition) is 4. The number of carbonyl (C=O) groups is 1. The number of halogens is 1. The Labute approximate surface area is 121 Å². The number of aromatic nitrogens is 1. The second-order valence-electron chi connectivity index (χ2n) is 4.44. The molecule has 2 rings (SSSR count). The Bertz CT molecular complexity index is 521. The van der Waals surface area contributed by atoms with E-state index >= 15 is 0 Å². The van der Waals surface area contributed by atoms with Crippen molar-refractivity contribution < 1.29 is 4.79 Å². The summed E-state index contributed by atoms with van der Waals surface area (Å²) in [7, 11) is 0. The fourth-order valence-corrected chi connectivity index (χ4v) is 3.03. The molecule has 19 heavy (non-hydrogen) atoms. The number of hydrogen-bond donors (Lipinski definition) is 0. The van der Waals surface area contributed by atoms with Crippen LogP contribution in [0.15, 0.2) is 18.3 Å². The minimum absolute atomic E-state index is 0.106. The van der Waals surface area contributed by atoms with E-state index in [0.717, 1.165) is 0 Å². The van der Waals surface area contributed by atoms with Crippen LogP contribution in [0.2, 0.25) is 5.15 Å². The lowest BCUT2D eigenvalue weighted by atomic mass is 9.97. The summed E-state index contributed by atoms with van der Waals surface area (Å²) in [6.45, 7) is 1.16. The van der Waals surface area contributed by atoms with E-state index in [1.165, 1.54) is 0 Å². The van der Waals surface area contributed by atoms with Crippen LogP contribution in [0.5, 0.6) is 0 Å². The van der Waals surface area contributed by atoms with Gasteiger partial charge in [-0.1, -0.05) is 11.6 Å². The molecule has 0 radical (unpaired) electrons. The highest BCUT2D eigenvalue weighted by molar-refractivity contribution is 8.00. The van der Waals surface area contributed by atoms with E-state index in [1.807, 2.05) is 6.26 Å². The molecule has 0 aromatic carbocycles. The van der Waals surface area contributed by atoms with Gasteiger partial charge in [0, 0.05) is 19.3 Å². The first-order valence-corrected chi connectivity index (χ1v) is 7.58. The third-order valence-electron chi connectivity index (χ3n) is 3.44. The van der Waals surface area contributed by atoms with Gasteiger partial charge in [0.05, 0.1) is 11.6 Å². The monoisotopic (exact) mass is 295 g/mol. The zero-order chi connectivity index (χ0) is 13.9. The van der Waals surface area contributed by atoms with Crippen LogP contribution in [0.4, 0.5) is 0 Å². The third-order valence-corrected chi connectivity index (χ3v) is 5.02. The maximum absolute atomic E-state index is 12.3. The van der Waals surface area contributed by atoms with Gasteiger partial charge in [-0.3, -0.25) is 4.79 Å². The van der Waals surface area contributed by atoms with Gasteiger partial charge in [0.1, 0.15) is 9.90 Å². The van der Waals surface area contributed by atoms with Crippen molar-refractivity contribution in [2.75, 3.05) is 19.3 Å². The molecule has 0 N–H and O–H groups in total. The molecule has 4 nitrogen and oxygen atoms in total. The molecule has 1 amide bonds. The molecule has 6 heteroatoms. The second-order valence-corrected chi connectivity index (χ2v) is 5.99. The van der Waals surface area contributed by atoms with Gasteiger partial charge in [-0.15, -0.1) is 11.8 Å². The molecule has 1 aliphatic heterocycles. The summed E-state index contributed by atoms with van der Waals surface area (Å²) >= 11 is 7.50. The SMILES string of the molecule is CSC1(C#N)CCN(C(=O)c2cccnc2Cl)CC1. The molecule has 0 aliphatic carbocycles. The normalized spacial score (nSPS) is 17.8. The van der Waals surface area contributed by atoms with Gasteiger partial charge in [-0.2, -0.15) is 5.26 Å². The van der Waals surface area contributed by atoms with Crippen LogP contribution in [-0.2, 0) is 0 Å². The Balaban J connectivity index is 2.09. The van der Waals surface area contributed by atoms with Crippen LogP contribution < -0.4 is 0 Å². The lowest BCUT2D eigenvalue weighted by molar-refractivity contribution is 0.0716. The number of nitriles is 1. The zero-order valence-electron chi connectivity index (χ0n) is 10.6. The van der Waals surface area contributed by atoms with Crippen molar-refractivity contribution in [2.24, 2.45) is 0 Å². The predicted octanol–water partition coefficient (Wildman–Crippen LogP) is 2.60. The van der Waals surface area contributed by atoms with Gasteiger partial charge in [0.15, 0.2) is 0 Å². The number of carbonyl (C=O) groups excluding carboxylic acids is 1. The highest BCUT2D eigenvalue weighted by Crippen LogP contribution is 2.34. The van der Waals surface area contributed by atoms with E-state index in [1.54, 1.807) is 35.0 Å².